The zero-order valence-electron chi connectivity index (χ0n) is 11.7. The lowest BCUT2D eigenvalue weighted by atomic mass is 9.82. The number of esters is 1. The number of pyridine rings is 1. The van der Waals surface area contributed by atoms with E-state index in [4.69, 9.17) is 15.9 Å². The molecule has 0 amide bonds. The van der Waals surface area contributed by atoms with Crippen molar-refractivity contribution >= 4 is 24.3 Å². The van der Waals surface area contributed by atoms with Gasteiger partial charge in [0.15, 0.2) is 5.96 Å². The smallest absolute Gasteiger partial charge is 0.314 e. The van der Waals surface area contributed by atoms with Gasteiger partial charge in [0.2, 0.25) is 0 Å². The second-order valence-corrected chi connectivity index (χ2v) is 5.12. The van der Waals surface area contributed by atoms with Gasteiger partial charge in [0.25, 0.3) is 0 Å². The van der Waals surface area contributed by atoms with E-state index < -0.39 is 0 Å². The van der Waals surface area contributed by atoms with Crippen LogP contribution in [0.4, 0.5) is 0 Å². The molecule has 1 aromatic heterocycles. The number of nitrogens with zero attached hydrogens (tertiary/aromatic N) is 1. The summed E-state index contributed by atoms with van der Waals surface area (Å²) >= 11 is 0. The molecule has 2 rings (SSSR count). The summed E-state index contributed by atoms with van der Waals surface area (Å²) in [5, 5.41) is 9.97. The summed E-state index contributed by atoms with van der Waals surface area (Å²) < 4.78 is 5.32. The van der Waals surface area contributed by atoms with Gasteiger partial charge in [-0.05, 0) is 43.7 Å². The van der Waals surface area contributed by atoms with Crippen molar-refractivity contribution in [2.24, 2.45) is 17.6 Å². The van der Waals surface area contributed by atoms with Crippen LogP contribution in [0.5, 0.6) is 5.75 Å². The SMILES string of the molecule is Cl.N=C(N)NC[C@H]1CC[C@H](C(=O)Oc2cccnc2)CC1. The largest absolute Gasteiger partial charge is 0.425 e. The standard InChI is InChI=1S/C14H20N4O2.ClH/c15-14(16)18-8-10-3-5-11(6-4-10)13(19)20-12-2-1-7-17-9-12;/h1-2,7,9-11H,3-6,8H2,(H4,15,16,18);1H/t10-,11-;. The molecule has 116 valence electrons. The molecular weight excluding hydrogens is 292 g/mol. The Morgan fingerprint density at radius 3 is 2.71 bits per heavy atom. The predicted molar refractivity (Wildman–Crippen MR) is 82.5 cm³/mol. The number of hydrogen-bond acceptors (Lipinski definition) is 4. The minimum absolute atomic E-state index is 0. The summed E-state index contributed by atoms with van der Waals surface area (Å²) in [5.74, 6) is 0.766. The first-order valence-corrected chi connectivity index (χ1v) is 6.84. The van der Waals surface area contributed by atoms with E-state index in [1.807, 2.05) is 0 Å². The van der Waals surface area contributed by atoms with Gasteiger partial charge < -0.3 is 15.8 Å². The summed E-state index contributed by atoms with van der Waals surface area (Å²) in [6, 6.07) is 3.47. The maximum atomic E-state index is 12.0. The van der Waals surface area contributed by atoms with Gasteiger partial charge in [0.1, 0.15) is 5.75 Å². The lowest BCUT2D eigenvalue weighted by Gasteiger charge is -2.27. The quantitative estimate of drug-likeness (QED) is 0.446. The molecule has 0 aromatic carbocycles. The molecule has 7 heteroatoms. The van der Waals surface area contributed by atoms with E-state index in [2.05, 4.69) is 10.3 Å². The summed E-state index contributed by atoms with van der Waals surface area (Å²) in [4.78, 5) is 15.9. The molecule has 21 heavy (non-hydrogen) atoms. The normalized spacial score (nSPS) is 21.0. The lowest BCUT2D eigenvalue weighted by molar-refractivity contribution is -0.140. The van der Waals surface area contributed by atoms with Gasteiger partial charge in [-0.3, -0.25) is 15.2 Å². The molecule has 1 aromatic rings. The zero-order chi connectivity index (χ0) is 14.4. The van der Waals surface area contributed by atoms with Gasteiger partial charge in [-0.1, -0.05) is 0 Å². The average Bonchev–Trinajstić information content (AvgIpc) is 2.46. The Hall–Kier alpha value is -1.82. The summed E-state index contributed by atoms with van der Waals surface area (Å²) in [5.41, 5.74) is 5.26. The van der Waals surface area contributed by atoms with Crippen molar-refractivity contribution in [1.29, 1.82) is 5.41 Å². The second-order valence-electron chi connectivity index (χ2n) is 5.12. The number of nitrogens with one attached hydrogen (secondary N) is 2. The first-order chi connectivity index (χ1) is 9.65. The average molecular weight is 313 g/mol. The van der Waals surface area contributed by atoms with Crippen molar-refractivity contribution < 1.29 is 9.53 Å². The molecule has 1 aliphatic carbocycles. The zero-order valence-corrected chi connectivity index (χ0v) is 12.6. The number of rotatable bonds is 4. The van der Waals surface area contributed by atoms with Crippen molar-refractivity contribution in [3.05, 3.63) is 24.5 Å². The van der Waals surface area contributed by atoms with E-state index in [-0.39, 0.29) is 30.3 Å². The van der Waals surface area contributed by atoms with Crippen LogP contribution in [-0.4, -0.2) is 23.5 Å². The van der Waals surface area contributed by atoms with Crippen molar-refractivity contribution in [2.75, 3.05) is 6.54 Å². The van der Waals surface area contributed by atoms with Gasteiger partial charge >= 0.3 is 5.97 Å². The number of nitrogens with two attached hydrogens (primary N) is 1. The number of aromatic nitrogens is 1. The summed E-state index contributed by atoms with van der Waals surface area (Å²) in [6.07, 6.45) is 6.73. The Kier molecular flexibility index (Phi) is 6.94. The van der Waals surface area contributed by atoms with Crippen LogP contribution in [0.1, 0.15) is 25.7 Å². The highest BCUT2D eigenvalue weighted by atomic mass is 35.5. The van der Waals surface area contributed by atoms with Gasteiger partial charge in [0, 0.05) is 12.7 Å². The Balaban J connectivity index is 0.00000220. The molecule has 0 spiro atoms. The van der Waals surface area contributed by atoms with E-state index in [1.54, 1.807) is 24.5 Å². The van der Waals surface area contributed by atoms with Crippen LogP contribution in [0.25, 0.3) is 0 Å². The van der Waals surface area contributed by atoms with Gasteiger partial charge in [-0.25, -0.2) is 0 Å². The molecular formula is C14H21ClN4O2. The molecule has 0 unspecified atom stereocenters. The van der Waals surface area contributed by atoms with E-state index in [0.29, 0.717) is 18.2 Å². The number of hydrogen-bond donors (Lipinski definition) is 3. The molecule has 4 N–H and O–H groups in total. The third kappa shape index (κ3) is 5.59. The Morgan fingerprint density at radius 2 is 2.14 bits per heavy atom. The molecule has 1 saturated carbocycles. The van der Waals surface area contributed by atoms with Crippen LogP contribution in [0.15, 0.2) is 24.5 Å². The fraction of sp³-hybridized carbons (Fsp3) is 0.500. The Bertz CT molecular complexity index is 461. The van der Waals surface area contributed by atoms with E-state index in [0.717, 1.165) is 25.7 Å². The highest BCUT2D eigenvalue weighted by molar-refractivity contribution is 5.85. The third-order valence-electron chi connectivity index (χ3n) is 3.61. The number of carbonyl (C=O) groups excluding carboxylic acids is 1. The lowest BCUT2D eigenvalue weighted by Crippen LogP contribution is -2.36. The Morgan fingerprint density at radius 1 is 1.43 bits per heavy atom. The van der Waals surface area contributed by atoms with Crippen LogP contribution in [0.2, 0.25) is 0 Å². The molecule has 0 bridgehead atoms. The van der Waals surface area contributed by atoms with Crippen LogP contribution in [-0.2, 0) is 4.79 Å². The monoisotopic (exact) mass is 312 g/mol. The van der Waals surface area contributed by atoms with Crippen molar-refractivity contribution in [2.45, 2.75) is 25.7 Å². The van der Waals surface area contributed by atoms with Crippen molar-refractivity contribution in [1.82, 2.24) is 10.3 Å². The highest BCUT2D eigenvalue weighted by Gasteiger charge is 2.27. The van der Waals surface area contributed by atoms with Crippen LogP contribution < -0.4 is 15.8 Å². The minimum Gasteiger partial charge on any atom is -0.425 e. The van der Waals surface area contributed by atoms with Crippen LogP contribution >= 0.6 is 12.4 Å². The summed E-state index contributed by atoms with van der Waals surface area (Å²) in [7, 11) is 0. The van der Waals surface area contributed by atoms with Crippen LogP contribution in [0, 0.1) is 17.2 Å². The molecule has 0 saturated heterocycles. The molecule has 0 atom stereocenters. The topological polar surface area (TPSA) is 101 Å². The number of halogens is 1. The first kappa shape index (κ1) is 17.2. The fourth-order valence-electron chi connectivity index (χ4n) is 2.46. The number of ether oxygens (including phenoxy) is 1. The molecule has 1 fully saturated rings. The number of carbonyl (C=O) groups is 1. The first-order valence-electron chi connectivity index (χ1n) is 6.84. The minimum atomic E-state index is -0.170. The third-order valence-corrected chi connectivity index (χ3v) is 3.61. The van der Waals surface area contributed by atoms with E-state index in [1.165, 1.54) is 0 Å². The van der Waals surface area contributed by atoms with Gasteiger partial charge in [0.05, 0.1) is 12.1 Å². The molecule has 0 radical (unpaired) electrons. The highest BCUT2D eigenvalue weighted by Crippen LogP contribution is 2.29. The predicted octanol–water partition coefficient (Wildman–Crippen LogP) is 1.70. The number of guanidine groups is 1. The van der Waals surface area contributed by atoms with Gasteiger partial charge in [-0.15, -0.1) is 12.4 Å². The molecule has 1 heterocycles. The summed E-state index contributed by atoms with van der Waals surface area (Å²) in [6.45, 7) is 0.708. The fourth-order valence-corrected chi connectivity index (χ4v) is 2.46. The van der Waals surface area contributed by atoms with E-state index in [9.17, 15) is 4.79 Å². The van der Waals surface area contributed by atoms with Crippen molar-refractivity contribution in [3.8, 4) is 5.75 Å². The maximum absolute atomic E-state index is 12.0. The maximum Gasteiger partial charge on any atom is 0.314 e. The van der Waals surface area contributed by atoms with Crippen LogP contribution in [0.3, 0.4) is 0 Å². The van der Waals surface area contributed by atoms with Gasteiger partial charge in [-0.2, -0.15) is 0 Å². The van der Waals surface area contributed by atoms with Crippen molar-refractivity contribution in [3.63, 3.8) is 0 Å². The second kappa shape index (κ2) is 8.46. The molecule has 6 nitrogen and oxygen atoms in total. The van der Waals surface area contributed by atoms with E-state index >= 15 is 0 Å². The molecule has 0 aliphatic heterocycles. The molecule has 1 aliphatic rings. The Labute approximate surface area is 130 Å².